The van der Waals surface area contributed by atoms with Gasteiger partial charge in [0.15, 0.2) is 0 Å². The predicted octanol–water partition coefficient (Wildman–Crippen LogP) is 2.28. The Hall–Kier alpha value is -2.01. The lowest BCUT2D eigenvalue weighted by atomic mass is 9.85. The molecule has 0 saturated carbocycles. The molecule has 3 atom stereocenters. The number of sulfonamides is 1. The molecule has 2 amide bonds. The number of carbonyl (C=O) groups is 2. The molecule has 2 bridgehead atoms. The van der Waals surface area contributed by atoms with E-state index in [1.807, 2.05) is 23.1 Å². The monoisotopic (exact) mass is 562 g/mol. The van der Waals surface area contributed by atoms with Crippen LogP contribution in [0.1, 0.15) is 19.3 Å². The van der Waals surface area contributed by atoms with E-state index in [9.17, 15) is 18.0 Å². The molecule has 35 heavy (non-hydrogen) atoms. The minimum absolute atomic E-state index is 0.0111. The van der Waals surface area contributed by atoms with Crippen LogP contribution in [0.2, 0.25) is 0 Å². The zero-order valence-electron chi connectivity index (χ0n) is 19.8. The molecule has 10 heteroatoms. The summed E-state index contributed by atoms with van der Waals surface area (Å²) in [4.78, 5) is 32.1. The van der Waals surface area contributed by atoms with Crippen LogP contribution in [-0.4, -0.2) is 87.3 Å². The average Bonchev–Trinajstić information content (AvgIpc) is 2.80. The molecule has 3 fully saturated rings. The molecule has 0 radical (unpaired) electrons. The highest BCUT2D eigenvalue weighted by Crippen LogP contribution is 2.28. The molecule has 8 nitrogen and oxygen atoms in total. The van der Waals surface area contributed by atoms with E-state index < -0.39 is 16.1 Å². The van der Waals surface area contributed by atoms with Crippen molar-refractivity contribution in [2.45, 2.75) is 30.2 Å². The van der Waals surface area contributed by atoms with Crippen molar-refractivity contribution in [3.63, 3.8) is 0 Å². The van der Waals surface area contributed by atoms with Crippen LogP contribution in [0.15, 0.2) is 45.8 Å². The molecule has 188 valence electrons. The van der Waals surface area contributed by atoms with Crippen molar-refractivity contribution in [3.8, 4) is 0 Å². The van der Waals surface area contributed by atoms with Gasteiger partial charge in [-0.05, 0) is 73.2 Å². The molecule has 2 aromatic carbocycles. The highest BCUT2D eigenvalue weighted by molar-refractivity contribution is 9.10. The molecule has 0 aromatic heterocycles. The molecule has 3 unspecified atom stereocenters. The zero-order chi connectivity index (χ0) is 24.7. The maximum atomic E-state index is 13.2. The van der Waals surface area contributed by atoms with Gasteiger partial charge in [0, 0.05) is 37.2 Å². The van der Waals surface area contributed by atoms with Crippen molar-refractivity contribution in [1.29, 1.82) is 0 Å². The maximum Gasteiger partial charge on any atom is 0.242 e. The standard InChI is InChI=1S/C25H31BrN4O4S/c1-28-12-17-9-18(13-28)15-30(14-17)24(31)16-29-8-2-3-23(25(29)32)27-35(33,34)22-7-5-19-10-21(26)6-4-20(19)11-22/h4-7,10-11,17-18,23,27H,2-3,8-9,12-16H2,1H3. The number of carbonyl (C=O) groups excluding carboxylic acids is 2. The first-order valence-corrected chi connectivity index (χ1v) is 14.4. The summed E-state index contributed by atoms with van der Waals surface area (Å²) in [6, 6.07) is 9.70. The van der Waals surface area contributed by atoms with Gasteiger partial charge in [0.1, 0.15) is 6.04 Å². The second-order valence-corrected chi connectivity index (χ2v) is 12.8. The van der Waals surface area contributed by atoms with Crippen LogP contribution >= 0.6 is 15.9 Å². The molecule has 2 aromatic rings. The summed E-state index contributed by atoms with van der Waals surface area (Å²) in [5.74, 6) is 0.601. The van der Waals surface area contributed by atoms with E-state index in [0.29, 0.717) is 31.2 Å². The fourth-order valence-electron chi connectivity index (χ4n) is 5.83. The van der Waals surface area contributed by atoms with E-state index in [1.54, 1.807) is 18.2 Å². The van der Waals surface area contributed by atoms with Gasteiger partial charge >= 0.3 is 0 Å². The lowest BCUT2D eigenvalue weighted by Gasteiger charge is -2.45. The van der Waals surface area contributed by atoms with Crippen molar-refractivity contribution in [1.82, 2.24) is 19.4 Å². The van der Waals surface area contributed by atoms with Crippen LogP contribution in [0.3, 0.4) is 0 Å². The van der Waals surface area contributed by atoms with Crippen LogP contribution in [0.5, 0.6) is 0 Å². The lowest BCUT2D eigenvalue weighted by molar-refractivity contribution is -0.145. The summed E-state index contributed by atoms with van der Waals surface area (Å²) in [7, 11) is -1.77. The van der Waals surface area contributed by atoms with Crippen molar-refractivity contribution in [2.75, 3.05) is 46.3 Å². The van der Waals surface area contributed by atoms with Crippen LogP contribution in [0.4, 0.5) is 0 Å². The second-order valence-electron chi connectivity index (χ2n) is 10.2. The molecular formula is C25H31BrN4O4S. The van der Waals surface area contributed by atoms with E-state index in [4.69, 9.17) is 0 Å². The maximum absolute atomic E-state index is 13.2. The van der Waals surface area contributed by atoms with Gasteiger partial charge in [0.05, 0.1) is 11.4 Å². The number of rotatable bonds is 5. The number of likely N-dealkylation sites (tertiary alicyclic amines) is 3. The van der Waals surface area contributed by atoms with Gasteiger partial charge < -0.3 is 14.7 Å². The number of nitrogens with zero attached hydrogens (tertiary/aromatic N) is 3. The zero-order valence-corrected chi connectivity index (χ0v) is 22.2. The molecule has 0 spiro atoms. The minimum atomic E-state index is -3.89. The number of halogens is 1. The predicted molar refractivity (Wildman–Crippen MR) is 137 cm³/mol. The van der Waals surface area contributed by atoms with E-state index >= 15 is 0 Å². The first kappa shape index (κ1) is 24.7. The summed E-state index contributed by atoms with van der Waals surface area (Å²) in [5, 5.41) is 1.72. The van der Waals surface area contributed by atoms with Gasteiger partial charge in [0.25, 0.3) is 0 Å². The Balaban J connectivity index is 1.24. The van der Waals surface area contributed by atoms with Gasteiger partial charge in [-0.1, -0.05) is 28.1 Å². The van der Waals surface area contributed by atoms with E-state index in [2.05, 4.69) is 32.6 Å². The summed E-state index contributed by atoms with van der Waals surface area (Å²) in [6.45, 7) is 3.94. The van der Waals surface area contributed by atoms with Gasteiger partial charge in [-0.2, -0.15) is 4.72 Å². The molecule has 3 aliphatic rings. The molecule has 3 saturated heterocycles. The van der Waals surface area contributed by atoms with E-state index in [-0.39, 0.29) is 23.3 Å². The fraction of sp³-hybridized carbons (Fsp3) is 0.520. The Morgan fingerprint density at radius 1 is 1.06 bits per heavy atom. The summed E-state index contributed by atoms with van der Waals surface area (Å²) in [6.07, 6.45) is 2.23. The number of amides is 2. The minimum Gasteiger partial charge on any atom is -0.341 e. The fourth-order valence-corrected chi connectivity index (χ4v) is 7.47. The first-order valence-electron chi connectivity index (χ1n) is 12.1. The van der Waals surface area contributed by atoms with Crippen molar-refractivity contribution >= 4 is 48.5 Å². The molecule has 3 aliphatic heterocycles. The quantitative estimate of drug-likeness (QED) is 0.603. The summed E-state index contributed by atoms with van der Waals surface area (Å²) in [5.41, 5.74) is 0. The van der Waals surface area contributed by atoms with E-state index in [1.165, 1.54) is 4.90 Å². The van der Waals surface area contributed by atoms with Gasteiger partial charge in [-0.15, -0.1) is 0 Å². The molecular weight excluding hydrogens is 532 g/mol. The summed E-state index contributed by atoms with van der Waals surface area (Å²) >= 11 is 3.42. The number of piperidine rings is 3. The highest BCUT2D eigenvalue weighted by atomic mass is 79.9. The third-order valence-corrected chi connectivity index (χ3v) is 9.32. The molecule has 3 heterocycles. The second kappa shape index (κ2) is 9.80. The van der Waals surface area contributed by atoms with Crippen LogP contribution in [0.25, 0.3) is 10.8 Å². The smallest absolute Gasteiger partial charge is 0.242 e. The number of benzene rings is 2. The average molecular weight is 564 g/mol. The Labute approximate surface area is 214 Å². The van der Waals surface area contributed by atoms with Crippen LogP contribution in [0, 0.1) is 11.8 Å². The van der Waals surface area contributed by atoms with E-state index in [0.717, 1.165) is 47.8 Å². The number of nitrogens with one attached hydrogen (secondary N) is 1. The van der Waals surface area contributed by atoms with Gasteiger partial charge in [-0.3, -0.25) is 9.59 Å². The Kier molecular flexibility index (Phi) is 6.91. The number of hydrogen-bond donors (Lipinski definition) is 1. The van der Waals surface area contributed by atoms with Crippen molar-refractivity contribution < 1.29 is 18.0 Å². The SMILES string of the molecule is CN1CC2CC(C1)CN(C(=O)CN1CCCC(NS(=O)(=O)c3ccc4cc(Br)ccc4c3)C1=O)C2. The summed E-state index contributed by atoms with van der Waals surface area (Å²) < 4.78 is 29.7. The third kappa shape index (κ3) is 5.40. The van der Waals surface area contributed by atoms with Crippen molar-refractivity contribution in [3.05, 3.63) is 40.9 Å². The first-order chi connectivity index (χ1) is 16.7. The lowest BCUT2D eigenvalue weighted by Crippen LogP contribution is -2.57. The van der Waals surface area contributed by atoms with Gasteiger partial charge in [-0.25, -0.2) is 8.42 Å². The molecule has 5 rings (SSSR count). The Morgan fingerprint density at radius 3 is 2.49 bits per heavy atom. The normalized spacial score (nSPS) is 25.8. The highest BCUT2D eigenvalue weighted by Gasteiger charge is 2.37. The molecule has 1 N–H and O–H groups in total. The largest absolute Gasteiger partial charge is 0.341 e. The third-order valence-electron chi connectivity index (χ3n) is 7.35. The molecule has 0 aliphatic carbocycles. The topological polar surface area (TPSA) is 90.0 Å². The number of fused-ring (bicyclic) bond motifs is 3. The van der Waals surface area contributed by atoms with Gasteiger partial charge in [0.2, 0.25) is 21.8 Å². The number of hydrogen-bond acceptors (Lipinski definition) is 5. The Morgan fingerprint density at radius 2 is 1.74 bits per heavy atom. The van der Waals surface area contributed by atoms with Crippen LogP contribution in [-0.2, 0) is 19.6 Å². The van der Waals surface area contributed by atoms with Crippen molar-refractivity contribution in [2.24, 2.45) is 11.8 Å². The van der Waals surface area contributed by atoms with Crippen LogP contribution < -0.4 is 4.72 Å². The Bertz CT molecular complexity index is 1240.